The zero-order chi connectivity index (χ0) is 20.4. The highest BCUT2D eigenvalue weighted by Crippen LogP contribution is 2.17. The third kappa shape index (κ3) is 8.87. The third-order valence-corrected chi connectivity index (χ3v) is 5.01. The van der Waals surface area contributed by atoms with E-state index in [0.29, 0.717) is 22.3 Å². The Labute approximate surface area is 161 Å². The van der Waals surface area contributed by atoms with Crippen LogP contribution in [0.5, 0.6) is 11.5 Å². The lowest BCUT2D eigenvalue weighted by Gasteiger charge is -2.30. The van der Waals surface area contributed by atoms with Gasteiger partial charge < -0.3 is 24.2 Å². The van der Waals surface area contributed by atoms with Crippen LogP contribution < -0.4 is 9.47 Å². The Morgan fingerprint density at radius 2 is 1.56 bits per heavy atom. The second-order valence-corrected chi connectivity index (χ2v) is 7.43. The van der Waals surface area contributed by atoms with E-state index in [9.17, 15) is 23.2 Å². The van der Waals surface area contributed by atoms with Crippen molar-refractivity contribution in [2.75, 3.05) is 46.4 Å². The molecule has 2 unspecified atom stereocenters. The molecule has 0 aromatic heterocycles. The van der Waals surface area contributed by atoms with Gasteiger partial charge in [-0.3, -0.25) is 4.90 Å². The molecule has 0 saturated heterocycles. The van der Waals surface area contributed by atoms with Crippen LogP contribution >= 0.6 is 0 Å². The van der Waals surface area contributed by atoms with Gasteiger partial charge in [0.2, 0.25) is 0 Å². The quantitative estimate of drug-likeness (QED) is 0.436. The summed E-state index contributed by atoms with van der Waals surface area (Å²) in [4.78, 5) is 1.76. The molecule has 0 bridgehead atoms. The zero-order valence-electron chi connectivity index (χ0n) is 15.9. The predicted molar refractivity (Wildman–Crippen MR) is 99.6 cm³/mol. The Bertz CT molecular complexity index is 639. The molecule has 156 valence electrons. The molecule has 0 aliphatic rings. The van der Waals surface area contributed by atoms with Crippen LogP contribution in [-0.4, -0.2) is 91.0 Å². The fourth-order valence-electron chi connectivity index (χ4n) is 2.52. The van der Waals surface area contributed by atoms with E-state index in [2.05, 4.69) is 0 Å². The maximum atomic E-state index is 11.1. The highest BCUT2D eigenvalue weighted by atomic mass is 32.2. The number of benzene rings is 1. The van der Waals surface area contributed by atoms with Crippen molar-refractivity contribution in [2.45, 2.75) is 26.1 Å². The number of aliphatic hydroxyl groups is 2. The van der Waals surface area contributed by atoms with Crippen molar-refractivity contribution in [2.24, 2.45) is 0 Å². The summed E-state index contributed by atoms with van der Waals surface area (Å²) >= 11 is 0. The lowest BCUT2D eigenvalue weighted by molar-refractivity contribution is 0.0428. The molecule has 0 fully saturated rings. The number of likely N-dealkylation sites (N-methyl/N-ethyl adjacent to an activating group) is 2. The van der Waals surface area contributed by atoms with Crippen LogP contribution in [0.1, 0.15) is 13.8 Å². The summed E-state index contributed by atoms with van der Waals surface area (Å²) in [5.74, 6) is 1.30. The van der Waals surface area contributed by atoms with Gasteiger partial charge >= 0.3 is 0 Å². The maximum Gasteiger partial charge on any atom is 0.162 e. The minimum atomic E-state index is -4.59. The van der Waals surface area contributed by atoms with Crippen molar-refractivity contribution in [1.82, 2.24) is 9.21 Å². The van der Waals surface area contributed by atoms with Crippen LogP contribution in [0.2, 0.25) is 0 Å². The molecule has 0 spiro atoms. The molecule has 1 rings (SSSR count). The first-order chi connectivity index (χ1) is 12.7. The highest BCUT2D eigenvalue weighted by Gasteiger charge is 2.19. The molecule has 0 aliphatic heterocycles. The first-order valence-corrected chi connectivity index (χ1v) is 10.1. The number of nitrogens with zero attached hydrogens (tertiary/aromatic N) is 2. The van der Waals surface area contributed by atoms with Crippen molar-refractivity contribution in [1.29, 1.82) is 0 Å². The summed E-state index contributed by atoms with van der Waals surface area (Å²) < 4.78 is 44.5. The molecular weight excluding hydrogens is 376 g/mol. The predicted octanol–water partition coefficient (Wildman–Crippen LogP) is -0.100. The maximum absolute atomic E-state index is 11.1. The number of hydrogen-bond donors (Lipinski definition) is 2. The van der Waals surface area contributed by atoms with Crippen molar-refractivity contribution < 1.29 is 32.7 Å². The molecule has 1 aromatic rings. The largest absolute Gasteiger partial charge is 0.735 e. The molecule has 0 amide bonds. The zero-order valence-corrected chi connectivity index (χ0v) is 16.8. The number of hydrogen-bond acceptors (Lipinski definition) is 8. The Morgan fingerprint density at radius 1 is 1.00 bits per heavy atom. The third-order valence-electron chi connectivity index (χ3n) is 3.97. The number of rotatable bonds is 13. The summed E-state index contributed by atoms with van der Waals surface area (Å²) in [5, 5.41) is 20.2. The highest BCUT2D eigenvalue weighted by molar-refractivity contribution is 7.83. The molecule has 9 nitrogen and oxygen atoms in total. The SMILES string of the molecule is CCN(CC(O)COc1ccc(OC)cc1)CC(O)CN(CC)S(=O)(=O)[O-]. The minimum Gasteiger partial charge on any atom is -0.735 e. The van der Waals surface area contributed by atoms with Gasteiger partial charge in [-0.25, -0.2) is 12.7 Å². The molecule has 2 atom stereocenters. The second-order valence-electron chi connectivity index (χ2n) is 6.05. The Morgan fingerprint density at radius 3 is 2.04 bits per heavy atom. The van der Waals surface area contributed by atoms with Gasteiger partial charge in [0.05, 0.1) is 13.2 Å². The van der Waals surface area contributed by atoms with E-state index >= 15 is 0 Å². The van der Waals surface area contributed by atoms with Gasteiger partial charge in [0.15, 0.2) is 10.3 Å². The molecule has 27 heavy (non-hydrogen) atoms. The van der Waals surface area contributed by atoms with Gasteiger partial charge in [0.25, 0.3) is 0 Å². The normalized spacial score (nSPS) is 14.4. The van der Waals surface area contributed by atoms with Crippen molar-refractivity contribution >= 4 is 10.3 Å². The van der Waals surface area contributed by atoms with Gasteiger partial charge in [0.1, 0.15) is 24.2 Å². The van der Waals surface area contributed by atoms with E-state index in [1.807, 2.05) is 6.92 Å². The van der Waals surface area contributed by atoms with E-state index in [4.69, 9.17) is 9.47 Å². The molecule has 2 N–H and O–H groups in total. The lowest BCUT2D eigenvalue weighted by atomic mass is 10.2. The fraction of sp³-hybridized carbons (Fsp3) is 0.647. The van der Waals surface area contributed by atoms with Crippen LogP contribution in [0.3, 0.4) is 0 Å². The molecular formula is C17H29N2O7S-. The van der Waals surface area contributed by atoms with E-state index in [0.717, 1.165) is 0 Å². The summed E-state index contributed by atoms with van der Waals surface area (Å²) in [6, 6.07) is 6.96. The van der Waals surface area contributed by atoms with Gasteiger partial charge in [-0.15, -0.1) is 0 Å². The second kappa shape index (κ2) is 11.4. The number of aliphatic hydroxyl groups excluding tert-OH is 2. The number of methoxy groups -OCH3 is 1. The monoisotopic (exact) mass is 405 g/mol. The van der Waals surface area contributed by atoms with Crippen molar-refractivity contribution in [3.63, 3.8) is 0 Å². The molecule has 1 aromatic carbocycles. The van der Waals surface area contributed by atoms with Crippen LogP contribution in [0.15, 0.2) is 24.3 Å². The Kier molecular flexibility index (Phi) is 9.99. The topological polar surface area (TPSA) is 123 Å². The number of ether oxygens (including phenoxy) is 2. The van der Waals surface area contributed by atoms with Gasteiger partial charge in [-0.05, 0) is 30.8 Å². The first-order valence-electron chi connectivity index (χ1n) is 8.75. The molecule has 0 aliphatic carbocycles. The summed E-state index contributed by atoms with van der Waals surface area (Å²) in [6.07, 6.45) is -1.84. The summed E-state index contributed by atoms with van der Waals surface area (Å²) in [6.45, 7) is 4.06. The average molecular weight is 405 g/mol. The average Bonchev–Trinajstić information content (AvgIpc) is 2.63. The van der Waals surface area contributed by atoms with Gasteiger partial charge in [-0.1, -0.05) is 13.8 Å². The molecule has 10 heteroatoms. The van der Waals surface area contributed by atoms with Crippen LogP contribution in [0.25, 0.3) is 0 Å². The standard InChI is InChI=1S/C17H30N2O7S/c1-4-18(10-14(20)12-19(5-2)27(22,23)24)11-15(21)13-26-17-8-6-16(25-3)7-9-17/h6-9,14-15,20-21H,4-5,10-13H2,1-3H3,(H,22,23,24)/p-1. The van der Waals surface area contributed by atoms with Crippen LogP contribution in [-0.2, 0) is 10.3 Å². The van der Waals surface area contributed by atoms with E-state index in [1.54, 1.807) is 36.3 Å². The van der Waals surface area contributed by atoms with Crippen LogP contribution in [0.4, 0.5) is 0 Å². The van der Waals surface area contributed by atoms with E-state index in [-0.39, 0.29) is 32.8 Å². The lowest BCUT2D eigenvalue weighted by Crippen LogP contribution is -2.45. The Balaban J connectivity index is 2.46. The van der Waals surface area contributed by atoms with Crippen molar-refractivity contribution in [3.05, 3.63) is 24.3 Å². The van der Waals surface area contributed by atoms with E-state index in [1.165, 1.54) is 6.92 Å². The van der Waals surface area contributed by atoms with Gasteiger partial charge in [-0.2, -0.15) is 0 Å². The first kappa shape index (κ1) is 23.6. The molecule has 0 radical (unpaired) electrons. The van der Waals surface area contributed by atoms with Crippen molar-refractivity contribution in [3.8, 4) is 11.5 Å². The minimum absolute atomic E-state index is 0.00660. The van der Waals surface area contributed by atoms with E-state index < -0.39 is 22.5 Å². The summed E-state index contributed by atoms with van der Waals surface area (Å²) in [7, 11) is -3.02. The Hall–Kier alpha value is -1.43. The smallest absolute Gasteiger partial charge is 0.162 e. The summed E-state index contributed by atoms with van der Waals surface area (Å²) in [5.41, 5.74) is 0. The van der Waals surface area contributed by atoms with Crippen LogP contribution in [0, 0.1) is 0 Å². The molecule has 0 heterocycles. The van der Waals surface area contributed by atoms with Gasteiger partial charge in [0, 0.05) is 26.2 Å². The molecule has 0 saturated carbocycles. The fourth-order valence-corrected chi connectivity index (χ4v) is 3.19.